The van der Waals surface area contributed by atoms with Gasteiger partial charge in [-0.15, -0.1) is 0 Å². The second-order valence-electron chi connectivity index (χ2n) is 5.13. The Morgan fingerprint density at radius 1 is 1.31 bits per heavy atom. The summed E-state index contributed by atoms with van der Waals surface area (Å²) >= 11 is 0. The minimum atomic E-state index is -0.399. The average Bonchev–Trinajstić information content (AvgIpc) is 2.20. The van der Waals surface area contributed by atoms with Crippen LogP contribution in [0.2, 0.25) is 0 Å². The zero-order chi connectivity index (χ0) is 11.5. The fraction of sp³-hybridized carbons (Fsp3) is 0.615. The van der Waals surface area contributed by atoms with E-state index in [0.717, 1.165) is 37.0 Å². The van der Waals surface area contributed by atoms with Crippen molar-refractivity contribution in [3.05, 3.63) is 29.8 Å². The number of halogens is 1. The lowest BCUT2D eigenvalue weighted by Crippen LogP contribution is -2.38. The van der Waals surface area contributed by atoms with Gasteiger partial charge in [-0.25, -0.2) is 4.98 Å². The Bertz CT molecular complexity index is 326. The van der Waals surface area contributed by atoms with Gasteiger partial charge in [0.1, 0.15) is 0 Å². The highest BCUT2D eigenvalue weighted by atomic mass is 19.1. The maximum Gasteiger partial charge on any atom is 0.212 e. The summed E-state index contributed by atoms with van der Waals surface area (Å²) in [5.74, 6) is 1.12. The normalized spacial score (nSPS) is 26.9. The van der Waals surface area contributed by atoms with E-state index in [1.807, 2.05) is 6.07 Å². The van der Waals surface area contributed by atoms with E-state index in [2.05, 4.69) is 23.7 Å². The van der Waals surface area contributed by atoms with Gasteiger partial charge in [-0.05, 0) is 29.9 Å². The van der Waals surface area contributed by atoms with Crippen molar-refractivity contribution in [3.63, 3.8) is 0 Å². The van der Waals surface area contributed by atoms with Gasteiger partial charge in [0.25, 0.3) is 0 Å². The number of likely N-dealkylation sites (tertiary alicyclic amines) is 1. The van der Waals surface area contributed by atoms with Crippen LogP contribution in [0.15, 0.2) is 18.3 Å². The first-order chi connectivity index (χ1) is 7.63. The second-order valence-corrected chi connectivity index (χ2v) is 5.13. The third kappa shape index (κ3) is 3.01. The summed E-state index contributed by atoms with van der Waals surface area (Å²) in [6, 6.07) is 3.26. The fourth-order valence-electron chi connectivity index (χ4n) is 2.68. The van der Waals surface area contributed by atoms with Gasteiger partial charge in [0.15, 0.2) is 0 Å². The molecule has 0 N–H and O–H groups in total. The molecule has 3 heteroatoms. The summed E-state index contributed by atoms with van der Waals surface area (Å²) in [5, 5.41) is 0. The van der Waals surface area contributed by atoms with E-state index < -0.39 is 5.95 Å². The highest BCUT2D eigenvalue weighted by Crippen LogP contribution is 2.22. The number of nitrogens with zero attached hydrogens (tertiary/aromatic N) is 2. The Morgan fingerprint density at radius 2 is 2.00 bits per heavy atom. The molecule has 2 atom stereocenters. The lowest BCUT2D eigenvalue weighted by Gasteiger charge is -2.34. The largest absolute Gasteiger partial charge is 0.298 e. The van der Waals surface area contributed by atoms with Gasteiger partial charge in [-0.3, -0.25) is 4.90 Å². The molecule has 0 amide bonds. The Balaban J connectivity index is 1.96. The molecule has 0 spiro atoms. The molecule has 2 heterocycles. The van der Waals surface area contributed by atoms with E-state index in [9.17, 15) is 4.39 Å². The number of aromatic nitrogens is 1. The number of hydrogen-bond donors (Lipinski definition) is 0. The maximum absolute atomic E-state index is 12.7. The number of piperidine rings is 1. The third-order valence-corrected chi connectivity index (χ3v) is 3.14. The molecule has 0 radical (unpaired) electrons. The van der Waals surface area contributed by atoms with Crippen LogP contribution in [0.25, 0.3) is 0 Å². The molecule has 16 heavy (non-hydrogen) atoms. The monoisotopic (exact) mass is 222 g/mol. The summed E-state index contributed by atoms with van der Waals surface area (Å²) in [6.45, 7) is 7.77. The van der Waals surface area contributed by atoms with Crippen molar-refractivity contribution in [1.82, 2.24) is 9.88 Å². The summed E-state index contributed by atoms with van der Waals surface area (Å²) in [6.07, 6.45) is 2.96. The van der Waals surface area contributed by atoms with Crippen LogP contribution in [0.1, 0.15) is 25.8 Å². The van der Waals surface area contributed by atoms with Crippen LogP contribution in [0.5, 0.6) is 0 Å². The molecule has 1 aromatic rings. The predicted octanol–water partition coefficient (Wildman–Crippen LogP) is 2.70. The van der Waals surface area contributed by atoms with Gasteiger partial charge in [0.2, 0.25) is 5.95 Å². The zero-order valence-electron chi connectivity index (χ0n) is 9.99. The lowest BCUT2D eigenvalue weighted by molar-refractivity contribution is 0.134. The highest BCUT2D eigenvalue weighted by molar-refractivity contribution is 5.09. The molecule has 1 fully saturated rings. The molecule has 2 rings (SSSR count). The summed E-state index contributed by atoms with van der Waals surface area (Å²) in [4.78, 5) is 6.13. The van der Waals surface area contributed by atoms with Crippen molar-refractivity contribution < 1.29 is 4.39 Å². The van der Waals surface area contributed by atoms with Gasteiger partial charge in [0.05, 0.1) is 0 Å². The number of rotatable bonds is 2. The molecule has 2 unspecified atom stereocenters. The number of hydrogen-bond acceptors (Lipinski definition) is 2. The van der Waals surface area contributed by atoms with Crippen LogP contribution in [0, 0.1) is 17.8 Å². The van der Waals surface area contributed by atoms with Gasteiger partial charge >= 0.3 is 0 Å². The summed E-state index contributed by atoms with van der Waals surface area (Å²) < 4.78 is 12.7. The van der Waals surface area contributed by atoms with E-state index in [-0.39, 0.29) is 0 Å². The highest BCUT2D eigenvalue weighted by Gasteiger charge is 2.21. The topological polar surface area (TPSA) is 16.1 Å². The van der Waals surface area contributed by atoms with Crippen molar-refractivity contribution in [2.75, 3.05) is 13.1 Å². The third-order valence-electron chi connectivity index (χ3n) is 3.14. The molecule has 1 saturated heterocycles. The van der Waals surface area contributed by atoms with E-state index >= 15 is 0 Å². The van der Waals surface area contributed by atoms with Crippen LogP contribution < -0.4 is 0 Å². The molecule has 1 aliphatic rings. The summed E-state index contributed by atoms with van der Waals surface area (Å²) in [7, 11) is 0. The Hall–Kier alpha value is -0.960. The molecule has 0 saturated carbocycles. The smallest absolute Gasteiger partial charge is 0.212 e. The zero-order valence-corrected chi connectivity index (χ0v) is 9.99. The van der Waals surface area contributed by atoms with Crippen LogP contribution in [0.4, 0.5) is 4.39 Å². The van der Waals surface area contributed by atoms with Crippen LogP contribution >= 0.6 is 0 Å². The average molecular weight is 222 g/mol. The minimum absolute atomic E-state index is 0.399. The Labute approximate surface area is 96.5 Å². The molecule has 2 nitrogen and oxygen atoms in total. The van der Waals surface area contributed by atoms with Crippen molar-refractivity contribution in [2.45, 2.75) is 26.8 Å². The minimum Gasteiger partial charge on any atom is -0.298 e. The van der Waals surface area contributed by atoms with Gasteiger partial charge < -0.3 is 0 Å². The van der Waals surface area contributed by atoms with Crippen LogP contribution in [-0.4, -0.2) is 23.0 Å². The van der Waals surface area contributed by atoms with Crippen molar-refractivity contribution in [3.8, 4) is 0 Å². The second kappa shape index (κ2) is 4.91. The molecular formula is C13H19FN2. The molecule has 0 aliphatic carbocycles. The van der Waals surface area contributed by atoms with Crippen molar-refractivity contribution in [1.29, 1.82) is 0 Å². The van der Waals surface area contributed by atoms with E-state index in [1.54, 1.807) is 6.20 Å². The molecule has 1 aliphatic heterocycles. The van der Waals surface area contributed by atoms with E-state index in [1.165, 1.54) is 12.5 Å². The van der Waals surface area contributed by atoms with Gasteiger partial charge in [-0.2, -0.15) is 4.39 Å². The Kier molecular flexibility index (Phi) is 3.54. The molecule has 88 valence electrons. The first-order valence-corrected chi connectivity index (χ1v) is 5.96. The molecular weight excluding hydrogens is 203 g/mol. The van der Waals surface area contributed by atoms with Crippen LogP contribution in [-0.2, 0) is 6.54 Å². The maximum atomic E-state index is 12.7. The fourth-order valence-corrected chi connectivity index (χ4v) is 2.68. The molecule has 0 aromatic carbocycles. The molecule has 1 aromatic heterocycles. The van der Waals surface area contributed by atoms with Crippen molar-refractivity contribution >= 4 is 0 Å². The van der Waals surface area contributed by atoms with Gasteiger partial charge in [-0.1, -0.05) is 19.9 Å². The first-order valence-electron chi connectivity index (χ1n) is 5.96. The SMILES string of the molecule is CC1CC(C)CN(Cc2ccc(F)nc2)C1. The summed E-state index contributed by atoms with van der Waals surface area (Å²) in [5.41, 5.74) is 1.10. The standard InChI is InChI=1S/C13H19FN2/c1-10-5-11(2)8-16(7-10)9-12-3-4-13(14)15-6-12/h3-4,6,10-11H,5,7-9H2,1-2H3. The van der Waals surface area contributed by atoms with Gasteiger partial charge in [0, 0.05) is 25.8 Å². The Morgan fingerprint density at radius 3 is 2.56 bits per heavy atom. The van der Waals surface area contributed by atoms with Crippen LogP contribution in [0.3, 0.4) is 0 Å². The number of pyridine rings is 1. The first kappa shape index (κ1) is 11.5. The lowest BCUT2D eigenvalue weighted by atomic mass is 9.92. The predicted molar refractivity (Wildman–Crippen MR) is 62.4 cm³/mol. The van der Waals surface area contributed by atoms with Crippen molar-refractivity contribution in [2.24, 2.45) is 11.8 Å². The quantitative estimate of drug-likeness (QED) is 0.715. The van der Waals surface area contributed by atoms with E-state index in [4.69, 9.17) is 0 Å². The molecule has 0 bridgehead atoms. The van der Waals surface area contributed by atoms with E-state index in [0.29, 0.717) is 0 Å².